The summed E-state index contributed by atoms with van der Waals surface area (Å²) in [4.78, 5) is 0. The zero-order chi connectivity index (χ0) is 12.9. The summed E-state index contributed by atoms with van der Waals surface area (Å²) in [6, 6.07) is 4.99. The molecule has 17 heavy (non-hydrogen) atoms. The molecule has 0 fully saturated rings. The standard InChI is InChI=1S/C13H18BrClFN/c1-3-13(2,6-7-15)17-9-10-8-11(14)4-5-12(10)16/h4-5,8,17H,3,6-7,9H2,1-2H3. The fraction of sp³-hybridized carbons (Fsp3) is 0.538. The highest BCUT2D eigenvalue weighted by atomic mass is 79.9. The maximum Gasteiger partial charge on any atom is 0.127 e. The molecule has 0 amide bonds. The van der Waals surface area contributed by atoms with Gasteiger partial charge in [-0.1, -0.05) is 22.9 Å². The van der Waals surface area contributed by atoms with Gasteiger partial charge in [0.2, 0.25) is 0 Å². The minimum Gasteiger partial charge on any atom is -0.307 e. The average molecular weight is 323 g/mol. The van der Waals surface area contributed by atoms with Gasteiger partial charge in [-0.2, -0.15) is 0 Å². The molecule has 0 aliphatic heterocycles. The van der Waals surface area contributed by atoms with Crippen LogP contribution < -0.4 is 5.32 Å². The largest absolute Gasteiger partial charge is 0.307 e. The Hall–Kier alpha value is -0.120. The van der Waals surface area contributed by atoms with Crippen molar-refractivity contribution in [2.24, 2.45) is 0 Å². The normalized spacial score (nSPS) is 14.6. The van der Waals surface area contributed by atoms with Crippen LogP contribution in [0.2, 0.25) is 0 Å². The molecule has 0 saturated heterocycles. The van der Waals surface area contributed by atoms with E-state index in [4.69, 9.17) is 11.6 Å². The molecule has 1 atom stereocenters. The summed E-state index contributed by atoms with van der Waals surface area (Å²) in [5, 5.41) is 3.39. The van der Waals surface area contributed by atoms with Crippen LogP contribution in [0.15, 0.2) is 22.7 Å². The molecule has 0 heterocycles. The summed E-state index contributed by atoms with van der Waals surface area (Å²) in [7, 11) is 0. The van der Waals surface area contributed by atoms with Gasteiger partial charge in [0.25, 0.3) is 0 Å². The molecule has 1 nitrogen and oxygen atoms in total. The van der Waals surface area contributed by atoms with Crippen molar-refractivity contribution in [3.8, 4) is 0 Å². The third kappa shape index (κ3) is 4.57. The van der Waals surface area contributed by atoms with Gasteiger partial charge in [0.05, 0.1) is 0 Å². The topological polar surface area (TPSA) is 12.0 Å². The van der Waals surface area contributed by atoms with Crippen molar-refractivity contribution in [1.29, 1.82) is 0 Å². The summed E-state index contributed by atoms with van der Waals surface area (Å²) in [6.45, 7) is 4.74. The second-order valence-corrected chi connectivity index (χ2v) is 5.74. The van der Waals surface area contributed by atoms with Crippen molar-refractivity contribution in [1.82, 2.24) is 5.32 Å². The van der Waals surface area contributed by atoms with Gasteiger partial charge in [-0.05, 0) is 38.0 Å². The van der Waals surface area contributed by atoms with E-state index >= 15 is 0 Å². The predicted octanol–water partition coefficient (Wildman–Crippen LogP) is 4.48. The molecule has 0 aliphatic carbocycles. The van der Waals surface area contributed by atoms with E-state index in [2.05, 4.69) is 35.1 Å². The van der Waals surface area contributed by atoms with Crippen LogP contribution in [-0.2, 0) is 6.54 Å². The van der Waals surface area contributed by atoms with Crippen molar-refractivity contribution in [2.75, 3.05) is 5.88 Å². The van der Waals surface area contributed by atoms with Gasteiger partial charge in [0.1, 0.15) is 5.82 Å². The van der Waals surface area contributed by atoms with E-state index in [1.165, 1.54) is 6.07 Å². The highest BCUT2D eigenvalue weighted by molar-refractivity contribution is 9.10. The first kappa shape index (κ1) is 14.9. The Morgan fingerprint density at radius 3 is 2.76 bits per heavy atom. The summed E-state index contributed by atoms with van der Waals surface area (Å²) >= 11 is 9.13. The molecular formula is C13H18BrClFN. The molecule has 0 aliphatic rings. The number of hydrogen-bond donors (Lipinski definition) is 1. The van der Waals surface area contributed by atoms with Crippen molar-refractivity contribution >= 4 is 27.5 Å². The fourth-order valence-electron chi connectivity index (χ4n) is 1.59. The molecule has 1 aromatic carbocycles. The van der Waals surface area contributed by atoms with Gasteiger partial charge < -0.3 is 5.32 Å². The Balaban J connectivity index is 2.68. The van der Waals surface area contributed by atoms with Gasteiger partial charge in [0.15, 0.2) is 0 Å². The summed E-state index contributed by atoms with van der Waals surface area (Å²) < 4.78 is 14.4. The zero-order valence-corrected chi connectivity index (χ0v) is 12.5. The molecule has 0 aromatic heterocycles. The number of rotatable bonds is 6. The van der Waals surface area contributed by atoms with Crippen molar-refractivity contribution in [2.45, 2.75) is 38.8 Å². The number of halogens is 3. The first-order chi connectivity index (χ1) is 8.00. The lowest BCUT2D eigenvalue weighted by Crippen LogP contribution is -2.41. The number of alkyl halides is 1. The van der Waals surface area contributed by atoms with Crippen LogP contribution in [0.5, 0.6) is 0 Å². The molecule has 0 bridgehead atoms. The molecule has 96 valence electrons. The fourth-order valence-corrected chi connectivity index (χ4v) is 2.41. The third-order valence-electron chi connectivity index (χ3n) is 3.14. The molecular weight excluding hydrogens is 305 g/mol. The molecule has 0 saturated carbocycles. The lowest BCUT2D eigenvalue weighted by Gasteiger charge is -2.29. The maximum atomic E-state index is 13.5. The Bertz CT molecular complexity index is 372. The van der Waals surface area contributed by atoms with E-state index in [1.807, 2.05) is 0 Å². The lowest BCUT2D eigenvalue weighted by atomic mass is 9.95. The summed E-state index contributed by atoms with van der Waals surface area (Å²) in [5.41, 5.74) is 0.643. The van der Waals surface area contributed by atoms with Crippen molar-refractivity contribution in [3.05, 3.63) is 34.1 Å². The van der Waals surface area contributed by atoms with Crippen molar-refractivity contribution < 1.29 is 4.39 Å². The van der Waals surface area contributed by atoms with Crippen LogP contribution >= 0.6 is 27.5 Å². The summed E-state index contributed by atoms with van der Waals surface area (Å²) in [6.07, 6.45) is 1.84. The number of hydrogen-bond acceptors (Lipinski definition) is 1. The molecule has 1 aromatic rings. The van der Waals surface area contributed by atoms with E-state index in [-0.39, 0.29) is 11.4 Å². The van der Waals surface area contributed by atoms with Crippen LogP contribution in [0, 0.1) is 5.82 Å². The monoisotopic (exact) mass is 321 g/mol. The first-order valence-electron chi connectivity index (χ1n) is 5.75. The van der Waals surface area contributed by atoms with Gasteiger partial charge in [-0.25, -0.2) is 4.39 Å². The van der Waals surface area contributed by atoms with Crippen LogP contribution in [0.25, 0.3) is 0 Å². The first-order valence-corrected chi connectivity index (χ1v) is 7.08. The quantitative estimate of drug-likeness (QED) is 0.762. The van der Waals surface area contributed by atoms with Gasteiger partial charge in [-0.3, -0.25) is 0 Å². The van der Waals surface area contributed by atoms with E-state index in [0.29, 0.717) is 18.0 Å². The molecule has 4 heteroatoms. The molecule has 1 rings (SSSR count). The molecule has 1 N–H and O–H groups in total. The van der Waals surface area contributed by atoms with Gasteiger partial charge in [-0.15, -0.1) is 11.6 Å². The van der Waals surface area contributed by atoms with Crippen LogP contribution in [-0.4, -0.2) is 11.4 Å². The maximum absolute atomic E-state index is 13.5. The van der Waals surface area contributed by atoms with Crippen LogP contribution in [0.3, 0.4) is 0 Å². The SMILES string of the molecule is CCC(C)(CCCl)NCc1cc(Br)ccc1F. The van der Waals surface area contributed by atoms with E-state index in [0.717, 1.165) is 17.3 Å². The molecule has 0 spiro atoms. The average Bonchev–Trinajstić information content (AvgIpc) is 2.31. The predicted molar refractivity (Wildman–Crippen MR) is 75.0 cm³/mol. The number of nitrogens with one attached hydrogen (secondary N) is 1. The highest BCUT2D eigenvalue weighted by Crippen LogP contribution is 2.19. The zero-order valence-electron chi connectivity index (χ0n) is 10.2. The van der Waals surface area contributed by atoms with E-state index < -0.39 is 0 Å². The smallest absolute Gasteiger partial charge is 0.127 e. The Morgan fingerprint density at radius 2 is 2.18 bits per heavy atom. The Labute approximate surface area is 116 Å². The van der Waals surface area contributed by atoms with Gasteiger partial charge >= 0.3 is 0 Å². The van der Waals surface area contributed by atoms with Crippen LogP contribution in [0.1, 0.15) is 32.3 Å². The number of benzene rings is 1. The Morgan fingerprint density at radius 1 is 1.47 bits per heavy atom. The minimum absolute atomic E-state index is 0.0312. The van der Waals surface area contributed by atoms with Crippen LogP contribution in [0.4, 0.5) is 4.39 Å². The minimum atomic E-state index is -0.176. The molecule has 1 unspecified atom stereocenters. The Kier molecular flexibility index (Phi) is 5.90. The third-order valence-corrected chi connectivity index (χ3v) is 3.82. The van der Waals surface area contributed by atoms with E-state index in [9.17, 15) is 4.39 Å². The second kappa shape index (κ2) is 6.72. The summed E-state index contributed by atoms with van der Waals surface area (Å²) in [5.74, 6) is 0.434. The van der Waals surface area contributed by atoms with Crippen molar-refractivity contribution in [3.63, 3.8) is 0 Å². The molecule has 0 radical (unpaired) electrons. The highest BCUT2D eigenvalue weighted by Gasteiger charge is 2.20. The lowest BCUT2D eigenvalue weighted by molar-refractivity contribution is 0.328. The van der Waals surface area contributed by atoms with Gasteiger partial charge in [0, 0.05) is 28.0 Å². The van der Waals surface area contributed by atoms with E-state index in [1.54, 1.807) is 12.1 Å². The second-order valence-electron chi connectivity index (χ2n) is 4.44.